The normalized spacial score (nSPS) is 13.3. The summed E-state index contributed by atoms with van der Waals surface area (Å²) in [4.78, 5) is 4.44. The van der Waals surface area contributed by atoms with Gasteiger partial charge in [-0.05, 0) is 27.2 Å². The first-order valence-electron chi connectivity index (χ1n) is 4.84. The lowest BCUT2D eigenvalue weighted by molar-refractivity contribution is 0.560. The van der Waals surface area contributed by atoms with Gasteiger partial charge in [0, 0.05) is 18.3 Å². The summed E-state index contributed by atoms with van der Waals surface area (Å²) in [6.07, 6.45) is 1.03. The molecule has 0 amide bonds. The van der Waals surface area contributed by atoms with Gasteiger partial charge in [0.25, 0.3) is 0 Å². The molecule has 0 aliphatic rings. The molecular formula is C10H19N3. The monoisotopic (exact) mass is 181 g/mol. The van der Waals surface area contributed by atoms with Gasteiger partial charge in [-0.1, -0.05) is 6.92 Å². The van der Waals surface area contributed by atoms with Crippen LogP contribution in [0.3, 0.4) is 0 Å². The SMILES string of the molecule is CCc1c(C)nc(C)n1CC(C)N. The summed E-state index contributed by atoms with van der Waals surface area (Å²) in [5, 5.41) is 0. The fraction of sp³-hybridized carbons (Fsp3) is 0.700. The van der Waals surface area contributed by atoms with Crippen molar-refractivity contribution in [1.29, 1.82) is 0 Å². The quantitative estimate of drug-likeness (QED) is 0.766. The summed E-state index contributed by atoms with van der Waals surface area (Å²) in [5.41, 5.74) is 8.23. The van der Waals surface area contributed by atoms with Gasteiger partial charge in [0.1, 0.15) is 5.82 Å². The van der Waals surface area contributed by atoms with Gasteiger partial charge in [-0.2, -0.15) is 0 Å². The molecule has 1 heterocycles. The zero-order chi connectivity index (χ0) is 10.0. The van der Waals surface area contributed by atoms with Crippen molar-refractivity contribution in [1.82, 2.24) is 9.55 Å². The Hall–Kier alpha value is -0.830. The van der Waals surface area contributed by atoms with Gasteiger partial charge in [0.2, 0.25) is 0 Å². The third kappa shape index (κ3) is 2.10. The molecule has 1 aromatic rings. The predicted molar refractivity (Wildman–Crippen MR) is 54.7 cm³/mol. The van der Waals surface area contributed by atoms with Crippen molar-refractivity contribution in [2.45, 2.75) is 46.7 Å². The number of aromatic nitrogens is 2. The van der Waals surface area contributed by atoms with Gasteiger partial charge < -0.3 is 10.3 Å². The van der Waals surface area contributed by atoms with E-state index in [4.69, 9.17) is 5.73 Å². The average Bonchev–Trinajstić information content (AvgIpc) is 2.26. The lowest BCUT2D eigenvalue weighted by Crippen LogP contribution is -2.23. The summed E-state index contributed by atoms with van der Waals surface area (Å²) in [6.45, 7) is 9.14. The second kappa shape index (κ2) is 3.92. The molecule has 0 aliphatic heterocycles. The predicted octanol–water partition coefficient (Wildman–Crippen LogP) is 1.41. The first-order chi connectivity index (χ1) is 6.06. The van der Waals surface area contributed by atoms with Crippen LogP contribution in [0.5, 0.6) is 0 Å². The number of hydrogen-bond donors (Lipinski definition) is 1. The molecule has 74 valence electrons. The van der Waals surface area contributed by atoms with Gasteiger partial charge in [0.15, 0.2) is 0 Å². The van der Waals surface area contributed by atoms with Gasteiger partial charge in [0.05, 0.1) is 5.69 Å². The van der Waals surface area contributed by atoms with E-state index in [0.717, 1.165) is 24.5 Å². The number of aryl methyl sites for hydroxylation is 2. The van der Waals surface area contributed by atoms with Crippen LogP contribution in [0.2, 0.25) is 0 Å². The van der Waals surface area contributed by atoms with Crippen LogP contribution in [0.1, 0.15) is 31.1 Å². The molecular weight excluding hydrogens is 162 g/mol. The molecule has 2 N–H and O–H groups in total. The summed E-state index contributed by atoms with van der Waals surface area (Å²) < 4.78 is 2.22. The molecule has 0 saturated heterocycles. The third-order valence-electron chi connectivity index (χ3n) is 2.27. The van der Waals surface area contributed by atoms with Crippen LogP contribution in [0, 0.1) is 13.8 Å². The number of rotatable bonds is 3. The lowest BCUT2D eigenvalue weighted by Gasteiger charge is -2.11. The molecule has 0 radical (unpaired) electrons. The highest BCUT2D eigenvalue weighted by molar-refractivity contribution is 5.15. The Labute approximate surface area is 80.0 Å². The summed E-state index contributed by atoms with van der Waals surface area (Å²) in [7, 11) is 0. The molecule has 0 aliphatic carbocycles. The van der Waals surface area contributed by atoms with Crippen molar-refractivity contribution in [3.05, 3.63) is 17.2 Å². The van der Waals surface area contributed by atoms with E-state index in [1.807, 2.05) is 13.8 Å². The largest absolute Gasteiger partial charge is 0.330 e. The van der Waals surface area contributed by atoms with Crippen molar-refractivity contribution in [3.63, 3.8) is 0 Å². The third-order valence-corrected chi connectivity index (χ3v) is 2.27. The summed E-state index contributed by atoms with van der Waals surface area (Å²) in [6, 6.07) is 0.192. The Kier molecular flexibility index (Phi) is 3.09. The number of hydrogen-bond acceptors (Lipinski definition) is 2. The van der Waals surface area contributed by atoms with E-state index in [9.17, 15) is 0 Å². The fourth-order valence-corrected chi connectivity index (χ4v) is 1.74. The lowest BCUT2D eigenvalue weighted by atomic mass is 10.2. The Morgan fingerprint density at radius 3 is 2.54 bits per heavy atom. The smallest absolute Gasteiger partial charge is 0.106 e. The van der Waals surface area contributed by atoms with Crippen molar-refractivity contribution >= 4 is 0 Å². The number of nitrogens with zero attached hydrogens (tertiary/aromatic N) is 2. The van der Waals surface area contributed by atoms with Gasteiger partial charge >= 0.3 is 0 Å². The van der Waals surface area contributed by atoms with Gasteiger partial charge in [-0.3, -0.25) is 0 Å². The van der Waals surface area contributed by atoms with E-state index in [-0.39, 0.29) is 6.04 Å². The molecule has 13 heavy (non-hydrogen) atoms. The molecule has 3 heteroatoms. The van der Waals surface area contributed by atoms with Crippen LogP contribution in [0.4, 0.5) is 0 Å². The summed E-state index contributed by atoms with van der Waals surface area (Å²) in [5.74, 6) is 1.08. The first-order valence-corrected chi connectivity index (χ1v) is 4.84. The van der Waals surface area contributed by atoms with Crippen molar-refractivity contribution in [2.24, 2.45) is 5.73 Å². The van der Waals surface area contributed by atoms with E-state index in [0.29, 0.717) is 0 Å². The molecule has 0 bridgehead atoms. The molecule has 1 unspecified atom stereocenters. The maximum absolute atomic E-state index is 5.78. The molecule has 0 saturated carbocycles. The van der Waals surface area contributed by atoms with E-state index in [1.54, 1.807) is 0 Å². The number of nitrogens with two attached hydrogens (primary N) is 1. The van der Waals surface area contributed by atoms with Crippen LogP contribution < -0.4 is 5.73 Å². The average molecular weight is 181 g/mol. The van der Waals surface area contributed by atoms with Crippen molar-refractivity contribution in [2.75, 3.05) is 0 Å². The van der Waals surface area contributed by atoms with E-state index >= 15 is 0 Å². The molecule has 1 aromatic heterocycles. The van der Waals surface area contributed by atoms with E-state index < -0.39 is 0 Å². The van der Waals surface area contributed by atoms with Crippen LogP contribution >= 0.6 is 0 Å². The maximum atomic E-state index is 5.78. The second-order valence-electron chi connectivity index (χ2n) is 3.63. The first kappa shape index (κ1) is 10.3. The van der Waals surface area contributed by atoms with Crippen molar-refractivity contribution in [3.8, 4) is 0 Å². The molecule has 0 fully saturated rings. The second-order valence-corrected chi connectivity index (χ2v) is 3.63. The fourth-order valence-electron chi connectivity index (χ4n) is 1.74. The molecule has 3 nitrogen and oxygen atoms in total. The van der Waals surface area contributed by atoms with Crippen LogP contribution in [-0.4, -0.2) is 15.6 Å². The highest BCUT2D eigenvalue weighted by atomic mass is 15.1. The Bertz CT molecular complexity index is 287. The minimum Gasteiger partial charge on any atom is -0.330 e. The van der Waals surface area contributed by atoms with Crippen LogP contribution in [0.15, 0.2) is 0 Å². The minimum absolute atomic E-state index is 0.192. The highest BCUT2D eigenvalue weighted by Crippen LogP contribution is 2.11. The minimum atomic E-state index is 0.192. The molecule has 1 rings (SSSR count). The zero-order valence-corrected chi connectivity index (χ0v) is 8.96. The van der Waals surface area contributed by atoms with E-state index in [2.05, 4.69) is 23.4 Å². The standard InChI is InChI=1S/C10H19N3/c1-5-10-8(3)12-9(4)13(10)6-7(2)11/h7H,5-6,11H2,1-4H3. The highest BCUT2D eigenvalue weighted by Gasteiger charge is 2.10. The molecule has 0 aromatic carbocycles. The summed E-state index contributed by atoms with van der Waals surface area (Å²) >= 11 is 0. The van der Waals surface area contributed by atoms with E-state index in [1.165, 1.54) is 5.69 Å². The Morgan fingerprint density at radius 2 is 2.08 bits per heavy atom. The topological polar surface area (TPSA) is 43.8 Å². The van der Waals surface area contributed by atoms with Gasteiger partial charge in [-0.25, -0.2) is 4.98 Å². The molecule has 0 spiro atoms. The van der Waals surface area contributed by atoms with Crippen LogP contribution in [-0.2, 0) is 13.0 Å². The maximum Gasteiger partial charge on any atom is 0.106 e. The Morgan fingerprint density at radius 1 is 1.46 bits per heavy atom. The number of imidazole rings is 1. The zero-order valence-electron chi connectivity index (χ0n) is 8.96. The van der Waals surface area contributed by atoms with Crippen molar-refractivity contribution < 1.29 is 0 Å². The Balaban J connectivity index is 3.02. The van der Waals surface area contributed by atoms with Crippen LogP contribution in [0.25, 0.3) is 0 Å². The molecule has 1 atom stereocenters. The van der Waals surface area contributed by atoms with Gasteiger partial charge in [-0.15, -0.1) is 0 Å².